The standard InChI is InChI=1S/C17H16N4O/c1-18-14-6-2-4-12(8-14)9-19-17-15-7-3-5-13(10-22)16(15)20-11-21-17/h2-8,10-11,18H,9H2,1H3,(H,19,20,21). The maximum atomic E-state index is 11.1. The second-order valence-electron chi connectivity index (χ2n) is 4.89. The number of nitrogens with zero attached hydrogens (tertiary/aromatic N) is 2. The van der Waals surface area contributed by atoms with Crippen molar-refractivity contribution in [3.05, 3.63) is 59.9 Å². The fourth-order valence-electron chi connectivity index (χ4n) is 2.37. The van der Waals surface area contributed by atoms with E-state index in [1.165, 1.54) is 6.33 Å². The van der Waals surface area contributed by atoms with Crippen LogP contribution in [0.5, 0.6) is 0 Å². The summed E-state index contributed by atoms with van der Waals surface area (Å²) in [5.41, 5.74) is 3.44. The highest BCUT2D eigenvalue weighted by molar-refractivity contribution is 5.99. The van der Waals surface area contributed by atoms with Gasteiger partial charge in [-0.3, -0.25) is 4.79 Å². The Morgan fingerprint density at radius 2 is 2.00 bits per heavy atom. The maximum absolute atomic E-state index is 11.1. The van der Waals surface area contributed by atoms with Crippen molar-refractivity contribution in [2.24, 2.45) is 0 Å². The molecule has 0 saturated carbocycles. The molecule has 110 valence electrons. The highest BCUT2D eigenvalue weighted by Gasteiger charge is 2.07. The Hall–Kier alpha value is -2.95. The predicted octanol–water partition coefficient (Wildman–Crippen LogP) is 3.10. The smallest absolute Gasteiger partial charge is 0.152 e. The Bertz CT molecular complexity index is 817. The van der Waals surface area contributed by atoms with Gasteiger partial charge in [-0.1, -0.05) is 18.2 Å². The van der Waals surface area contributed by atoms with E-state index in [1.54, 1.807) is 6.07 Å². The zero-order valence-corrected chi connectivity index (χ0v) is 12.2. The molecule has 22 heavy (non-hydrogen) atoms. The van der Waals surface area contributed by atoms with Gasteiger partial charge in [0.15, 0.2) is 6.29 Å². The number of anilines is 2. The molecular formula is C17H16N4O. The van der Waals surface area contributed by atoms with Crippen molar-refractivity contribution in [3.8, 4) is 0 Å². The van der Waals surface area contributed by atoms with Crippen molar-refractivity contribution in [2.45, 2.75) is 6.54 Å². The average molecular weight is 292 g/mol. The van der Waals surface area contributed by atoms with Gasteiger partial charge in [-0.05, 0) is 29.8 Å². The average Bonchev–Trinajstić information content (AvgIpc) is 2.59. The number of nitrogens with one attached hydrogen (secondary N) is 2. The summed E-state index contributed by atoms with van der Waals surface area (Å²) in [6.45, 7) is 0.646. The van der Waals surface area contributed by atoms with E-state index in [0.29, 0.717) is 17.6 Å². The van der Waals surface area contributed by atoms with Gasteiger partial charge in [-0.15, -0.1) is 0 Å². The topological polar surface area (TPSA) is 66.9 Å². The van der Waals surface area contributed by atoms with Gasteiger partial charge in [0.25, 0.3) is 0 Å². The van der Waals surface area contributed by atoms with Gasteiger partial charge in [-0.25, -0.2) is 9.97 Å². The van der Waals surface area contributed by atoms with E-state index in [-0.39, 0.29) is 0 Å². The van der Waals surface area contributed by atoms with Crippen molar-refractivity contribution in [2.75, 3.05) is 17.7 Å². The van der Waals surface area contributed by atoms with E-state index in [9.17, 15) is 4.79 Å². The van der Waals surface area contributed by atoms with Crippen molar-refractivity contribution in [3.63, 3.8) is 0 Å². The lowest BCUT2D eigenvalue weighted by molar-refractivity contribution is 0.112. The highest BCUT2D eigenvalue weighted by Crippen LogP contribution is 2.22. The molecule has 5 nitrogen and oxygen atoms in total. The third-order valence-electron chi connectivity index (χ3n) is 3.50. The molecule has 0 amide bonds. The number of para-hydroxylation sites is 1. The molecule has 0 radical (unpaired) electrons. The van der Waals surface area contributed by atoms with E-state index in [2.05, 4.69) is 26.7 Å². The summed E-state index contributed by atoms with van der Waals surface area (Å²) < 4.78 is 0. The van der Waals surface area contributed by atoms with Gasteiger partial charge in [-0.2, -0.15) is 0 Å². The SMILES string of the molecule is CNc1cccc(CNc2ncnc3c(C=O)cccc23)c1. The monoisotopic (exact) mass is 292 g/mol. The number of benzene rings is 2. The normalized spacial score (nSPS) is 10.4. The Kier molecular flexibility index (Phi) is 3.96. The van der Waals surface area contributed by atoms with E-state index in [4.69, 9.17) is 0 Å². The van der Waals surface area contributed by atoms with Crippen LogP contribution in [-0.2, 0) is 6.54 Å². The molecule has 0 spiro atoms. The van der Waals surface area contributed by atoms with Crippen LogP contribution in [0.2, 0.25) is 0 Å². The second kappa shape index (κ2) is 6.22. The van der Waals surface area contributed by atoms with Crippen LogP contribution in [0.3, 0.4) is 0 Å². The molecule has 5 heteroatoms. The van der Waals surface area contributed by atoms with E-state index in [1.807, 2.05) is 37.4 Å². The Morgan fingerprint density at radius 1 is 1.14 bits per heavy atom. The fraction of sp³-hybridized carbons (Fsp3) is 0.118. The number of aromatic nitrogens is 2. The lowest BCUT2D eigenvalue weighted by Gasteiger charge is -2.10. The Morgan fingerprint density at radius 3 is 2.82 bits per heavy atom. The third kappa shape index (κ3) is 2.74. The molecule has 3 aromatic rings. The summed E-state index contributed by atoms with van der Waals surface area (Å²) in [5.74, 6) is 0.726. The number of aldehydes is 1. The minimum absolute atomic E-state index is 0.570. The minimum atomic E-state index is 0.570. The first-order valence-corrected chi connectivity index (χ1v) is 7.01. The third-order valence-corrected chi connectivity index (χ3v) is 3.50. The zero-order valence-electron chi connectivity index (χ0n) is 12.2. The van der Waals surface area contributed by atoms with Gasteiger partial charge < -0.3 is 10.6 Å². The maximum Gasteiger partial charge on any atom is 0.152 e. The van der Waals surface area contributed by atoms with Gasteiger partial charge in [0.05, 0.1) is 5.52 Å². The molecule has 0 saturated heterocycles. The first-order valence-electron chi connectivity index (χ1n) is 7.01. The van der Waals surface area contributed by atoms with Crippen LogP contribution in [0.25, 0.3) is 10.9 Å². The second-order valence-corrected chi connectivity index (χ2v) is 4.89. The van der Waals surface area contributed by atoms with Crippen molar-refractivity contribution < 1.29 is 4.79 Å². The minimum Gasteiger partial charge on any atom is -0.388 e. The van der Waals surface area contributed by atoms with Crippen LogP contribution in [0.15, 0.2) is 48.8 Å². The molecule has 2 N–H and O–H groups in total. The van der Waals surface area contributed by atoms with Crippen molar-refractivity contribution in [1.82, 2.24) is 9.97 Å². The number of rotatable bonds is 5. The number of carbonyl (C=O) groups excluding carboxylic acids is 1. The number of hydrogen-bond acceptors (Lipinski definition) is 5. The van der Waals surface area contributed by atoms with E-state index >= 15 is 0 Å². The molecule has 0 aliphatic rings. The summed E-state index contributed by atoms with van der Waals surface area (Å²) >= 11 is 0. The van der Waals surface area contributed by atoms with Crippen LogP contribution in [-0.4, -0.2) is 23.3 Å². The van der Waals surface area contributed by atoms with Crippen LogP contribution >= 0.6 is 0 Å². The largest absolute Gasteiger partial charge is 0.388 e. The van der Waals surface area contributed by atoms with Crippen molar-refractivity contribution >= 4 is 28.7 Å². The summed E-state index contributed by atoms with van der Waals surface area (Å²) in [4.78, 5) is 19.6. The number of carbonyl (C=O) groups is 1. The van der Waals surface area contributed by atoms with Gasteiger partial charge >= 0.3 is 0 Å². The molecule has 3 rings (SSSR count). The first kappa shape index (κ1) is 14.0. The zero-order chi connectivity index (χ0) is 15.4. The fourth-order valence-corrected chi connectivity index (χ4v) is 2.37. The Labute approximate surface area is 128 Å². The summed E-state index contributed by atoms with van der Waals surface area (Å²) in [5, 5.41) is 7.27. The van der Waals surface area contributed by atoms with Gasteiger partial charge in [0.2, 0.25) is 0 Å². The molecule has 1 aromatic heterocycles. The van der Waals surface area contributed by atoms with Gasteiger partial charge in [0.1, 0.15) is 12.1 Å². The summed E-state index contributed by atoms with van der Waals surface area (Å²) in [7, 11) is 1.89. The van der Waals surface area contributed by atoms with Crippen molar-refractivity contribution in [1.29, 1.82) is 0 Å². The molecule has 0 aliphatic carbocycles. The van der Waals surface area contributed by atoms with Crippen LogP contribution < -0.4 is 10.6 Å². The van der Waals surface area contributed by atoms with Crippen LogP contribution in [0.4, 0.5) is 11.5 Å². The lowest BCUT2D eigenvalue weighted by Crippen LogP contribution is -2.03. The predicted molar refractivity (Wildman–Crippen MR) is 88.2 cm³/mol. The van der Waals surface area contributed by atoms with Crippen LogP contribution in [0.1, 0.15) is 15.9 Å². The highest BCUT2D eigenvalue weighted by atomic mass is 16.1. The molecule has 0 atom stereocenters. The molecule has 0 unspecified atom stereocenters. The van der Waals surface area contributed by atoms with E-state index < -0.39 is 0 Å². The molecule has 0 fully saturated rings. The summed E-state index contributed by atoms with van der Waals surface area (Å²) in [6.07, 6.45) is 2.29. The Balaban J connectivity index is 1.89. The first-order chi connectivity index (χ1) is 10.8. The summed E-state index contributed by atoms with van der Waals surface area (Å²) in [6, 6.07) is 13.6. The molecular weight excluding hydrogens is 276 g/mol. The number of hydrogen-bond donors (Lipinski definition) is 2. The lowest BCUT2D eigenvalue weighted by atomic mass is 10.1. The molecule has 2 aromatic carbocycles. The quantitative estimate of drug-likeness (QED) is 0.707. The molecule has 0 aliphatic heterocycles. The molecule has 0 bridgehead atoms. The molecule has 1 heterocycles. The number of fused-ring (bicyclic) bond motifs is 1. The van der Waals surface area contributed by atoms with Gasteiger partial charge in [0, 0.05) is 30.2 Å². The van der Waals surface area contributed by atoms with E-state index in [0.717, 1.165) is 28.7 Å². The van der Waals surface area contributed by atoms with Crippen LogP contribution in [0, 0.1) is 0 Å².